The molecule has 2 bridgehead atoms. The van der Waals surface area contributed by atoms with E-state index in [2.05, 4.69) is 27.2 Å². The summed E-state index contributed by atoms with van der Waals surface area (Å²) in [5.74, 6) is 0.953. The van der Waals surface area contributed by atoms with E-state index < -0.39 is 9.84 Å². The number of carbonyl (C=O) groups is 2. The molecule has 8 nitrogen and oxygen atoms in total. The number of nitrogens with zero attached hydrogens (tertiary/aromatic N) is 3. The third kappa shape index (κ3) is 7.60. The summed E-state index contributed by atoms with van der Waals surface area (Å²) in [6.45, 7) is 7.51. The average molecular weight is 595 g/mol. The van der Waals surface area contributed by atoms with Crippen LogP contribution in [0.2, 0.25) is 0 Å². The minimum absolute atomic E-state index is 0.00893. The standard InChI is InChI=1S/C33H46N4O4S/c1-3-37(32(38)24-25-9-11-29(12-10-25)42(2,40)41)28-15-18-35(19-16-28)20-17-30(27-7-5-4-6-8-27)34-33(39)31-23-26-13-21-36(31)22-14-26/h4-12,26,28,30-31H,3,13-24H2,1-2H3,(H,34,39). The van der Waals surface area contributed by atoms with E-state index in [9.17, 15) is 18.0 Å². The highest BCUT2D eigenvalue weighted by Gasteiger charge is 2.38. The molecule has 0 spiro atoms. The molecular weight excluding hydrogens is 548 g/mol. The molecule has 2 aromatic rings. The van der Waals surface area contributed by atoms with E-state index in [4.69, 9.17) is 0 Å². The fraction of sp³-hybridized carbons (Fsp3) is 0.576. The lowest BCUT2D eigenvalue weighted by atomic mass is 9.83. The van der Waals surface area contributed by atoms with Crippen molar-refractivity contribution >= 4 is 21.7 Å². The Kier molecular flexibility index (Phi) is 10.0. The molecule has 1 N–H and O–H groups in total. The van der Waals surface area contributed by atoms with Crippen molar-refractivity contribution in [3.8, 4) is 0 Å². The van der Waals surface area contributed by atoms with E-state index in [0.29, 0.717) is 12.5 Å². The molecule has 2 unspecified atom stereocenters. The van der Waals surface area contributed by atoms with Crippen LogP contribution in [-0.2, 0) is 25.8 Å². The fourth-order valence-electron chi connectivity index (χ4n) is 7.05. The summed E-state index contributed by atoms with van der Waals surface area (Å²) in [7, 11) is -3.25. The van der Waals surface area contributed by atoms with Gasteiger partial charge in [0.25, 0.3) is 0 Å². The van der Waals surface area contributed by atoms with E-state index in [1.165, 1.54) is 19.1 Å². The van der Waals surface area contributed by atoms with Gasteiger partial charge in [-0.25, -0.2) is 8.42 Å². The number of likely N-dealkylation sites (N-methyl/N-ethyl adjacent to an activating group) is 1. The highest BCUT2D eigenvalue weighted by atomic mass is 32.2. The number of sulfone groups is 1. The monoisotopic (exact) mass is 594 g/mol. The van der Waals surface area contributed by atoms with Crippen LogP contribution >= 0.6 is 0 Å². The molecule has 228 valence electrons. The maximum absolute atomic E-state index is 13.4. The van der Waals surface area contributed by atoms with Crippen LogP contribution in [0.4, 0.5) is 0 Å². The van der Waals surface area contributed by atoms with Gasteiger partial charge in [-0.1, -0.05) is 42.5 Å². The molecular formula is C33H46N4O4S. The number of piperidine rings is 4. The maximum Gasteiger partial charge on any atom is 0.237 e. The van der Waals surface area contributed by atoms with Crippen LogP contribution < -0.4 is 5.32 Å². The number of hydrogen-bond donors (Lipinski definition) is 1. The molecule has 4 heterocycles. The van der Waals surface area contributed by atoms with Gasteiger partial charge in [-0.2, -0.15) is 0 Å². The molecule has 6 rings (SSSR count). The highest BCUT2D eigenvalue weighted by molar-refractivity contribution is 7.90. The highest BCUT2D eigenvalue weighted by Crippen LogP contribution is 2.32. The van der Waals surface area contributed by atoms with E-state index in [1.54, 1.807) is 24.3 Å². The first-order valence-electron chi connectivity index (χ1n) is 15.6. The molecule has 42 heavy (non-hydrogen) atoms. The maximum atomic E-state index is 13.4. The van der Waals surface area contributed by atoms with Crippen LogP contribution in [0.1, 0.15) is 62.6 Å². The smallest absolute Gasteiger partial charge is 0.237 e. The molecule has 0 saturated carbocycles. The Morgan fingerprint density at radius 2 is 1.62 bits per heavy atom. The number of carbonyl (C=O) groups excluding carboxylic acids is 2. The lowest BCUT2D eigenvalue weighted by Gasteiger charge is -2.44. The van der Waals surface area contributed by atoms with Gasteiger partial charge in [-0.3, -0.25) is 14.5 Å². The second kappa shape index (κ2) is 13.7. The van der Waals surface area contributed by atoms with Crippen molar-refractivity contribution in [2.24, 2.45) is 5.92 Å². The Hall–Kier alpha value is -2.75. The molecule has 4 fully saturated rings. The number of fused-ring (bicyclic) bond motifs is 3. The van der Waals surface area contributed by atoms with Crippen LogP contribution in [0, 0.1) is 5.92 Å². The summed E-state index contributed by atoms with van der Waals surface area (Å²) < 4.78 is 23.5. The van der Waals surface area contributed by atoms with Crippen LogP contribution in [0.25, 0.3) is 0 Å². The van der Waals surface area contributed by atoms with Crippen LogP contribution in [-0.4, -0.2) is 92.5 Å². The van der Waals surface area contributed by atoms with Crippen LogP contribution in [0.3, 0.4) is 0 Å². The Balaban J connectivity index is 1.13. The third-order valence-corrected chi connectivity index (χ3v) is 10.7. The first-order chi connectivity index (χ1) is 20.2. The average Bonchev–Trinajstić information content (AvgIpc) is 3.01. The zero-order chi connectivity index (χ0) is 29.7. The Bertz CT molecular complexity index is 1300. The second-order valence-corrected chi connectivity index (χ2v) is 14.4. The largest absolute Gasteiger partial charge is 0.348 e. The Morgan fingerprint density at radius 3 is 2.19 bits per heavy atom. The zero-order valence-corrected chi connectivity index (χ0v) is 25.9. The molecule has 4 aliphatic rings. The lowest BCUT2D eigenvalue weighted by molar-refractivity contribution is -0.133. The van der Waals surface area contributed by atoms with Gasteiger partial charge in [0, 0.05) is 38.5 Å². The molecule has 4 saturated heterocycles. The van der Waals surface area contributed by atoms with Crippen molar-refractivity contribution in [1.82, 2.24) is 20.0 Å². The van der Waals surface area contributed by atoms with Crippen LogP contribution in [0.5, 0.6) is 0 Å². The second-order valence-electron chi connectivity index (χ2n) is 12.3. The summed E-state index contributed by atoms with van der Waals surface area (Å²) in [4.78, 5) is 33.7. The first kappa shape index (κ1) is 30.7. The van der Waals surface area contributed by atoms with E-state index in [0.717, 1.165) is 69.5 Å². The summed E-state index contributed by atoms with van der Waals surface area (Å²) >= 11 is 0. The number of nitrogens with one attached hydrogen (secondary N) is 1. The topological polar surface area (TPSA) is 90.0 Å². The normalized spacial score (nSPS) is 23.8. The first-order valence-corrected chi connectivity index (χ1v) is 17.5. The Morgan fingerprint density at radius 1 is 0.952 bits per heavy atom. The lowest BCUT2D eigenvalue weighted by Crippen LogP contribution is -2.55. The van der Waals surface area contributed by atoms with E-state index in [-0.39, 0.29) is 41.3 Å². The van der Waals surface area contributed by atoms with Crippen LogP contribution in [0.15, 0.2) is 59.5 Å². The van der Waals surface area contributed by atoms with Crippen molar-refractivity contribution in [1.29, 1.82) is 0 Å². The van der Waals surface area contributed by atoms with Gasteiger partial charge in [0.05, 0.1) is 23.4 Å². The predicted molar refractivity (Wildman–Crippen MR) is 165 cm³/mol. The number of benzene rings is 2. The zero-order valence-electron chi connectivity index (χ0n) is 25.1. The van der Waals surface area contributed by atoms with Crippen molar-refractivity contribution < 1.29 is 18.0 Å². The molecule has 4 aliphatic heterocycles. The van der Waals surface area contributed by atoms with E-state index >= 15 is 0 Å². The summed E-state index contributed by atoms with van der Waals surface area (Å²) in [5, 5.41) is 3.42. The molecule has 2 aromatic carbocycles. The summed E-state index contributed by atoms with van der Waals surface area (Å²) in [6.07, 6.45) is 7.60. The summed E-state index contributed by atoms with van der Waals surface area (Å²) in [5.41, 5.74) is 1.99. The number of hydrogen-bond acceptors (Lipinski definition) is 6. The molecule has 0 aliphatic carbocycles. The summed E-state index contributed by atoms with van der Waals surface area (Å²) in [6, 6.07) is 17.2. The van der Waals surface area contributed by atoms with Gasteiger partial charge >= 0.3 is 0 Å². The van der Waals surface area contributed by atoms with Crippen molar-refractivity contribution in [3.05, 3.63) is 65.7 Å². The minimum Gasteiger partial charge on any atom is -0.348 e. The van der Waals surface area contributed by atoms with Gasteiger partial charge in [-0.05, 0) is 87.7 Å². The molecule has 0 radical (unpaired) electrons. The minimum atomic E-state index is -3.25. The third-order valence-electron chi connectivity index (χ3n) is 9.57. The van der Waals surface area contributed by atoms with Crippen molar-refractivity contribution in [2.45, 2.75) is 74.9 Å². The molecule has 2 atom stereocenters. The van der Waals surface area contributed by atoms with Gasteiger partial charge in [-0.15, -0.1) is 0 Å². The SMILES string of the molecule is CCN(C(=O)Cc1ccc(S(C)(=O)=O)cc1)C1CCN(CCC(NC(=O)C2CC3CCN2CC3)c2ccccc2)CC1. The van der Waals surface area contributed by atoms with Crippen molar-refractivity contribution in [2.75, 3.05) is 45.5 Å². The Labute approximate surface area is 251 Å². The number of amides is 2. The fourth-order valence-corrected chi connectivity index (χ4v) is 7.68. The van der Waals surface area contributed by atoms with Gasteiger partial charge < -0.3 is 15.1 Å². The molecule has 2 amide bonds. The molecule has 9 heteroatoms. The molecule has 0 aromatic heterocycles. The predicted octanol–water partition coefficient (Wildman–Crippen LogP) is 3.68. The van der Waals surface area contributed by atoms with E-state index in [1.807, 2.05) is 30.0 Å². The van der Waals surface area contributed by atoms with Gasteiger partial charge in [0.15, 0.2) is 9.84 Å². The number of likely N-dealkylation sites (tertiary alicyclic amines) is 1. The van der Waals surface area contributed by atoms with Gasteiger partial charge in [0.2, 0.25) is 11.8 Å². The van der Waals surface area contributed by atoms with Gasteiger partial charge in [0.1, 0.15) is 0 Å². The number of rotatable bonds is 11. The quantitative estimate of drug-likeness (QED) is 0.427. The van der Waals surface area contributed by atoms with Crippen molar-refractivity contribution in [3.63, 3.8) is 0 Å².